The van der Waals surface area contributed by atoms with Crippen molar-refractivity contribution in [3.8, 4) is 0 Å². The Morgan fingerprint density at radius 2 is 1.77 bits per heavy atom. The van der Waals surface area contributed by atoms with Gasteiger partial charge in [-0.05, 0) is 12.1 Å². The molecular formula is C19H22N4O3. The summed E-state index contributed by atoms with van der Waals surface area (Å²) in [7, 11) is 1.74. The molecule has 2 aromatic rings. The molecule has 0 bridgehead atoms. The molecule has 136 valence electrons. The smallest absolute Gasteiger partial charge is 0.278 e. The number of amides is 1. The highest BCUT2D eigenvalue weighted by Crippen LogP contribution is 2.32. The van der Waals surface area contributed by atoms with Crippen LogP contribution in [0.1, 0.15) is 23.3 Å². The molecule has 0 saturated carbocycles. The number of piperidine rings is 1. The molecule has 26 heavy (non-hydrogen) atoms. The Labute approximate surface area is 152 Å². The van der Waals surface area contributed by atoms with Crippen LogP contribution in [0.3, 0.4) is 0 Å². The molecule has 1 amide bonds. The maximum absolute atomic E-state index is 12.6. The minimum Gasteiger partial charge on any atom is -0.355 e. The summed E-state index contributed by atoms with van der Waals surface area (Å²) in [6.07, 6.45) is 4.84. The van der Waals surface area contributed by atoms with Crippen molar-refractivity contribution in [1.29, 1.82) is 0 Å². The summed E-state index contributed by atoms with van der Waals surface area (Å²) in [6.45, 7) is 2.94. The molecule has 0 aliphatic carbocycles. The fraction of sp³-hybridized carbons (Fsp3) is 0.421. The van der Waals surface area contributed by atoms with Gasteiger partial charge in [-0.25, -0.2) is 9.97 Å². The average Bonchev–Trinajstić information content (AvgIpc) is 3.16. The molecule has 2 saturated heterocycles. The van der Waals surface area contributed by atoms with Crippen molar-refractivity contribution >= 4 is 17.4 Å². The van der Waals surface area contributed by atoms with Crippen LogP contribution in [0.25, 0.3) is 0 Å². The van der Waals surface area contributed by atoms with Gasteiger partial charge >= 0.3 is 0 Å². The molecule has 7 nitrogen and oxygen atoms in total. The number of hydrogen-bond acceptors (Lipinski definition) is 6. The Morgan fingerprint density at radius 3 is 2.38 bits per heavy atom. The van der Waals surface area contributed by atoms with E-state index in [1.165, 1.54) is 0 Å². The Morgan fingerprint density at radius 1 is 1.08 bits per heavy atom. The first-order valence-corrected chi connectivity index (χ1v) is 8.85. The van der Waals surface area contributed by atoms with Crippen molar-refractivity contribution < 1.29 is 14.3 Å². The van der Waals surface area contributed by atoms with Crippen LogP contribution in [0, 0.1) is 0 Å². The van der Waals surface area contributed by atoms with Crippen molar-refractivity contribution in [1.82, 2.24) is 9.97 Å². The lowest BCUT2D eigenvalue weighted by molar-refractivity contribution is -0.169. The number of ether oxygens (including phenoxy) is 2. The molecule has 2 aliphatic rings. The molecule has 2 aliphatic heterocycles. The molecule has 4 rings (SSSR count). The van der Waals surface area contributed by atoms with E-state index in [-0.39, 0.29) is 5.91 Å². The average molecular weight is 354 g/mol. The van der Waals surface area contributed by atoms with Crippen LogP contribution in [0.2, 0.25) is 0 Å². The quantitative estimate of drug-likeness (QED) is 0.841. The fourth-order valence-electron chi connectivity index (χ4n) is 3.40. The zero-order chi connectivity index (χ0) is 18.0. The van der Waals surface area contributed by atoms with E-state index in [9.17, 15) is 4.79 Å². The third kappa shape index (κ3) is 3.27. The molecule has 0 N–H and O–H groups in total. The predicted octanol–water partition coefficient (Wildman–Crippen LogP) is 2.10. The monoisotopic (exact) mass is 354 g/mol. The van der Waals surface area contributed by atoms with Crippen LogP contribution in [0.4, 0.5) is 11.5 Å². The van der Waals surface area contributed by atoms with E-state index in [4.69, 9.17) is 9.47 Å². The van der Waals surface area contributed by atoms with Crippen LogP contribution < -0.4 is 9.80 Å². The van der Waals surface area contributed by atoms with Gasteiger partial charge in [-0.3, -0.25) is 4.79 Å². The number of benzene rings is 1. The number of carbonyl (C=O) groups excluding carboxylic acids is 1. The zero-order valence-electron chi connectivity index (χ0n) is 14.8. The minimum atomic E-state index is -0.405. The van der Waals surface area contributed by atoms with Gasteiger partial charge in [0.15, 0.2) is 5.79 Å². The summed E-state index contributed by atoms with van der Waals surface area (Å²) in [6, 6.07) is 9.48. The molecule has 1 aromatic heterocycles. The normalized spacial score (nSPS) is 18.9. The number of carbonyl (C=O) groups is 1. The van der Waals surface area contributed by atoms with Crippen LogP contribution in [-0.4, -0.2) is 55.0 Å². The zero-order valence-corrected chi connectivity index (χ0v) is 14.8. The lowest BCUT2D eigenvalue weighted by Gasteiger charge is -2.37. The maximum atomic E-state index is 12.6. The lowest BCUT2D eigenvalue weighted by Crippen LogP contribution is -2.45. The Hall–Kier alpha value is -2.51. The van der Waals surface area contributed by atoms with Gasteiger partial charge in [-0.1, -0.05) is 18.2 Å². The van der Waals surface area contributed by atoms with Crippen LogP contribution in [0.15, 0.2) is 42.7 Å². The second kappa shape index (κ2) is 7.01. The number of nitrogens with zero attached hydrogens (tertiary/aromatic N) is 4. The molecule has 2 fully saturated rings. The first-order valence-electron chi connectivity index (χ1n) is 8.85. The molecule has 0 unspecified atom stereocenters. The highest BCUT2D eigenvalue weighted by Gasteiger charge is 2.40. The maximum Gasteiger partial charge on any atom is 0.278 e. The van der Waals surface area contributed by atoms with Gasteiger partial charge in [0.05, 0.1) is 25.6 Å². The number of hydrogen-bond donors (Lipinski definition) is 0. The van der Waals surface area contributed by atoms with E-state index in [1.807, 2.05) is 30.3 Å². The minimum absolute atomic E-state index is 0.180. The van der Waals surface area contributed by atoms with Crippen LogP contribution >= 0.6 is 0 Å². The third-order valence-electron chi connectivity index (χ3n) is 4.97. The third-order valence-corrected chi connectivity index (χ3v) is 4.97. The van der Waals surface area contributed by atoms with Gasteiger partial charge in [-0.15, -0.1) is 0 Å². The Bertz CT molecular complexity index is 750. The number of aromatic nitrogens is 2. The van der Waals surface area contributed by atoms with E-state index >= 15 is 0 Å². The van der Waals surface area contributed by atoms with E-state index in [0.29, 0.717) is 18.9 Å². The van der Waals surface area contributed by atoms with E-state index in [0.717, 1.165) is 37.4 Å². The Kier molecular flexibility index (Phi) is 4.57. The van der Waals surface area contributed by atoms with Gasteiger partial charge in [0.25, 0.3) is 5.91 Å². The van der Waals surface area contributed by atoms with Gasteiger partial charge < -0.3 is 19.3 Å². The first kappa shape index (κ1) is 16.9. The van der Waals surface area contributed by atoms with Crippen molar-refractivity contribution in [3.63, 3.8) is 0 Å². The number of rotatable bonds is 3. The van der Waals surface area contributed by atoms with E-state index in [1.54, 1.807) is 24.3 Å². The molecule has 3 heterocycles. The summed E-state index contributed by atoms with van der Waals surface area (Å²) in [5.41, 5.74) is 1.15. The highest BCUT2D eigenvalue weighted by molar-refractivity contribution is 6.04. The summed E-state index contributed by atoms with van der Waals surface area (Å²) in [5.74, 6) is 0.190. The molecule has 0 atom stereocenters. The van der Waals surface area contributed by atoms with Gasteiger partial charge in [-0.2, -0.15) is 0 Å². The molecular weight excluding hydrogens is 332 g/mol. The van der Waals surface area contributed by atoms with Gasteiger partial charge in [0.1, 0.15) is 11.5 Å². The summed E-state index contributed by atoms with van der Waals surface area (Å²) in [5, 5.41) is 0. The first-order chi connectivity index (χ1) is 12.7. The second-order valence-electron chi connectivity index (χ2n) is 6.55. The lowest BCUT2D eigenvalue weighted by atomic mass is 10.0. The molecule has 0 radical (unpaired) electrons. The predicted molar refractivity (Wildman–Crippen MR) is 97.3 cm³/mol. The van der Waals surface area contributed by atoms with Crippen molar-refractivity contribution in [2.24, 2.45) is 0 Å². The number of anilines is 2. The topological polar surface area (TPSA) is 67.8 Å². The Balaban J connectivity index is 1.41. The second-order valence-corrected chi connectivity index (χ2v) is 6.55. The highest BCUT2D eigenvalue weighted by atomic mass is 16.7. The fourth-order valence-corrected chi connectivity index (χ4v) is 3.40. The summed E-state index contributed by atoms with van der Waals surface area (Å²) in [4.78, 5) is 25.1. The van der Waals surface area contributed by atoms with E-state index in [2.05, 4.69) is 14.9 Å². The molecule has 7 heteroatoms. The summed E-state index contributed by atoms with van der Waals surface area (Å²) >= 11 is 0. The standard InChI is InChI=1S/C19H22N4O3/c1-22(15-5-3-2-4-6-15)18(24)16-13-21-17(14-20-16)23-9-7-19(8-10-23)25-11-12-26-19/h2-6,13-14H,7-12H2,1H3. The molecule has 1 aromatic carbocycles. The van der Waals surface area contributed by atoms with E-state index < -0.39 is 5.79 Å². The largest absolute Gasteiger partial charge is 0.355 e. The van der Waals surface area contributed by atoms with Crippen molar-refractivity contribution in [3.05, 3.63) is 48.4 Å². The molecule has 1 spiro atoms. The van der Waals surface area contributed by atoms with Crippen molar-refractivity contribution in [2.45, 2.75) is 18.6 Å². The van der Waals surface area contributed by atoms with Crippen molar-refractivity contribution in [2.75, 3.05) is 43.2 Å². The SMILES string of the molecule is CN(C(=O)c1cnc(N2CCC3(CC2)OCCO3)cn1)c1ccccc1. The van der Waals surface area contributed by atoms with Crippen LogP contribution in [-0.2, 0) is 9.47 Å². The van der Waals surface area contributed by atoms with Gasteiger partial charge in [0.2, 0.25) is 0 Å². The number of para-hydroxylation sites is 1. The van der Waals surface area contributed by atoms with Gasteiger partial charge in [0, 0.05) is 38.7 Å². The van der Waals surface area contributed by atoms with Crippen LogP contribution in [0.5, 0.6) is 0 Å². The summed E-state index contributed by atoms with van der Waals surface area (Å²) < 4.78 is 11.5.